The monoisotopic (exact) mass is 445 g/mol. The van der Waals surface area contributed by atoms with Gasteiger partial charge in [0.15, 0.2) is 0 Å². The molecular weight excluding hydrogens is 390 g/mol. The first-order valence-corrected chi connectivity index (χ1v) is 14.6. The molecule has 2 heteroatoms. The summed E-state index contributed by atoms with van der Waals surface area (Å²) in [5.74, 6) is 6.59. The molecule has 0 aromatic carbocycles. The van der Waals surface area contributed by atoms with Crippen molar-refractivity contribution in [3.8, 4) is 0 Å². The van der Waals surface area contributed by atoms with Crippen LogP contribution in [0.4, 0.5) is 0 Å². The Labute approximate surface area is 200 Å². The van der Waals surface area contributed by atoms with Crippen LogP contribution in [0, 0.1) is 52.3 Å². The Morgan fingerprint density at radius 3 is 2.31 bits per heavy atom. The number of nitrogens with two attached hydrogens (primary N) is 1. The predicted octanol–water partition coefficient (Wildman–Crippen LogP) is 8.19. The Hall–Kier alpha value is -0.0800. The maximum absolute atomic E-state index is 6.22. The Morgan fingerprint density at radius 2 is 1.59 bits per heavy atom. The smallest absolute Gasteiger partial charge is 0.105 e. The summed E-state index contributed by atoms with van der Waals surface area (Å²) < 4.78 is 6.22. The lowest BCUT2D eigenvalue weighted by molar-refractivity contribution is -0.144. The molecule has 2 N–H and O–H groups in total. The third-order valence-corrected chi connectivity index (χ3v) is 11.6. The molecule has 0 aromatic heterocycles. The molecule has 4 aliphatic carbocycles. The number of ether oxygens (including phenoxy) is 1. The fraction of sp³-hybridized carbons (Fsp3) is 1.00. The fourth-order valence-electron chi connectivity index (χ4n) is 9.71. The fourth-order valence-corrected chi connectivity index (χ4v) is 9.71. The average Bonchev–Trinajstić information content (AvgIpc) is 3.11. The zero-order valence-corrected chi connectivity index (χ0v) is 22.4. The lowest BCUT2D eigenvalue weighted by Crippen LogP contribution is -2.54. The molecule has 186 valence electrons. The van der Waals surface area contributed by atoms with Gasteiger partial charge in [-0.1, -0.05) is 60.8 Å². The van der Waals surface area contributed by atoms with Crippen LogP contribution in [0.2, 0.25) is 0 Å². The summed E-state index contributed by atoms with van der Waals surface area (Å²) in [5.41, 5.74) is 7.32. The second-order valence-corrected chi connectivity index (χ2v) is 13.7. The minimum absolute atomic E-state index is 0.0611. The van der Waals surface area contributed by atoms with Crippen LogP contribution in [0.3, 0.4) is 0 Å². The van der Waals surface area contributed by atoms with E-state index < -0.39 is 0 Å². The van der Waals surface area contributed by atoms with E-state index in [1.165, 1.54) is 77.0 Å². The van der Waals surface area contributed by atoms with E-state index in [4.69, 9.17) is 10.5 Å². The van der Waals surface area contributed by atoms with E-state index in [1.54, 1.807) is 0 Å². The van der Waals surface area contributed by atoms with E-state index in [0.29, 0.717) is 16.9 Å². The molecule has 4 aliphatic rings. The number of fused-ring (bicyclic) bond motifs is 5. The molecule has 0 amide bonds. The molecule has 4 saturated carbocycles. The van der Waals surface area contributed by atoms with Crippen LogP contribution in [-0.4, -0.2) is 12.3 Å². The van der Waals surface area contributed by atoms with E-state index in [1.807, 2.05) is 0 Å². The van der Waals surface area contributed by atoms with E-state index in [0.717, 1.165) is 47.8 Å². The molecule has 0 radical (unpaired) electrons. The zero-order chi connectivity index (χ0) is 23.1. The SMILES string of the molecule is CCC(N)OC1CC[C@@]2(C)C(CC[C@H]3[C@@H]4CC[C@H]([C@H](C)CCCC(C)C)[C@@]4(C)CC[C@@H]32)C1. The molecule has 10 atom stereocenters. The molecule has 4 fully saturated rings. The van der Waals surface area contributed by atoms with Gasteiger partial charge in [0, 0.05) is 0 Å². The summed E-state index contributed by atoms with van der Waals surface area (Å²) in [4.78, 5) is 0. The lowest BCUT2D eigenvalue weighted by atomic mass is 9.44. The number of hydrogen-bond donors (Lipinski definition) is 1. The summed E-state index contributed by atoms with van der Waals surface area (Å²) >= 11 is 0. The Kier molecular flexibility index (Phi) is 7.73. The van der Waals surface area contributed by atoms with Gasteiger partial charge in [-0.05, 0) is 116 Å². The van der Waals surface area contributed by atoms with E-state index in [-0.39, 0.29) is 6.23 Å². The molecule has 0 bridgehead atoms. The first-order valence-electron chi connectivity index (χ1n) is 14.6. The third-order valence-electron chi connectivity index (χ3n) is 11.6. The normalized spacial score (nSPS) is 45.8. The van der Waals surface area contributed by atoms with Gasteiger partial charge >= 0.3 is 0 Å². The number of rotatable bonds is 8. The van der Waals surface area contributed by atoms with Crippen molar-refractivity contribution in [1.82, 2.24) is 0 Å². The van der Waals surface area contributed by atoms with Crippen molar-refractivity contribution < 1.29 is 4.74 Å². The maximum atomic E-state index is 6.22. The van der Waals surface area contributed by atoms with Gasteiger partial charge in [0.25, 0.3) is 0 Å². The van der Waals surface area contributed by atoms with Crippen LogP contribution in [0.15, 0.2) is 0 Å². The molecule has 2 nitrogen and oxygen atoms in total. The van der Waals surface area contributed by atoms with Gasteiger partial charge in [-0.25, -0.2) is 0 Å². The van der Waals surface area contributed by atoms with E-state index in [9.17, 15) is 0 Å². The lowest BCUT2D eigenvalue weighted by Gasteiger charge is -2.61. The predicted molar refractivity (Wildman–Crippen MR) is 136 cm³/mol. The van der Waals surface area contributed by atoms with Crippen LogP contribution in [0.5, 0.6) is 0 Å². The molecule has 0 saturated heterocycles. The van der Waals surface area contributed by atoms with Crippen molar-refractivity contribution in [1.29, 1.82) is 0 Å². The standard InChI is InChI=1S/C30H55NO/c1-7-28(31)32-23-15-17-29(5)22(19-23)11-12-24-26-14-13-25(21(4)10-8-9-20(2)3)30(26,6)18-16-27(24)29/h20-28H,7-19,31H2,1-6H3/t21-,22?,23?,24+,25-,26+,27+,28?,29+,30-/m1/s1. The van der Waals surface area contributed by atoms with Crippen LogP contribution in [0.25, 0.3) is 0 Å². The van der Waals surface area contributed by atoms with Gasteiger partial charge in [-0.15, -0.1) is 0 Å². The van der Waals surface area contributed by atoms with Crippen molar-refractivity contribution >= 4 is 0 Å². The summed E-state index contributed by atoms with van der Waals surface area (Å²) in [6, 6.07) is 0. The summed E-state index contributed by atoms with van der Waals surface area (Å²) in [6.07, 6.45) is 18.4. The molecule has 0 spiro atoms. The minimum atomic E-state index is -0.0611. The van der Waals surface area contributed by atoms with Gasteiger partial charge in [-0.3, -0.25) is 0 Å². The van der Waals surface area contributed by atoms with Gasteiger partial charge < -0.3 is 10.5 Å². The number of hydrogen-bond acceptors (Lipinski definition) is 2. The highest BCUT2D eigenvalue weighted by Gasteiger charge is 2.60. The van der Waals surface area contributed by atoms with Crippen LogP contribution in [0.1, 0.15) is 125 Å². The highest BCUT2D eigenvalue weighted by molar-refractivity contribution is 5.09. The quantitative estimate of drug-likeness (QED) is 0.382. The Balaban J connectivity index is 1.41. The van der Waals surface area contributed by atoms with Gasteiger partial charge in [0.05, 0.1) is 6.10 Å². The topological polar surface area (TPSA) is 35.2 Å². The van der Waals surface area contributed by atoms with Crippen molar-refractivity contribution in [2.45, 2.75) is 137 Å². The van der Waals surface area contributed by atoms with Crippen LogP contribution >= 0.6 is 0 Å². The minimum Gasteiger partial charge on any atom is -0.360 e. The van der Waals surface area contributed by atoms with Gasteiger partial charge in [-0.2, -0.15) is 0 Å². The van der Waals surface area contributed by atoms with Crippen molar-refractivity contribution in [2.24, 2.45) is 58.0 Å². The second kappa shape index (κ2) is 9.88. The van der Waals surface area contributed by atoms with E-state index >= 15 is 0 Å². The summed E-state index contributed by atoms with van der Waals surface area (Å²) in [7, 11) is 0. The largest absolute Gasteiger partial charge is 0.360 e. The maximum Gasteiger partial charge on any atom is 0.105 e. The van der Waals surface area contributed by atoms with Crippen LogP contribution < -0.4 is 5.73 Å². The Morgan fingerprint density at radius 1 is 0.875 bits per heavy atom. The summed E-state index contributed by atoms with van der Waals surface area (Å²) in [6.45, 7) is 14.9. The molecule has 32 heavy (non-hydrogen) atoms. The zero-order valence-electron chi connectivity index (χ0n) is 22.4. The molecule has 0 heterocycles. The highest BCUT2D eigenvalue weighted by atomic mass is 16.5. The first-order chi connectivity index (χ1) is 15.2. The molecule has 0 aliphatic heterocycles. The molecule has 3 unspecified atom stereocenters. The average molecular weight is 446 g/mol. The highest BCUT2D eigenvalue weighted by Crippen LogP contribution is 2.68. The van der Waals surface area contributed by atoms with Crippen molar-refractivity contribution in [2.75, 3.05) is 0 Å². The summed E-state index contributed by atoms with van der Waals surface area (Å²) in [5, 5.41) is 0. The third kappa shape index (κ3) is 4.58. The molecule has 4 rings (SSSR count). The van der Waals surface area contributed by atoms with Crippen molar-refractivity contribution in [3.63, 3.8) is 0 Å². The molecular formula is C30H55NO. The van der Waals surface area contributed by atoms with Crippen molar-refractivity contribution in [3.05, 3.63) is 0 Å². The van der Waals surface area contributed by atoms with E-state index in [2.05, 4.69) is 41.5 Å². The van der Waals surface area contributed by atoms with Gasteiger partial charge in [0.2, 0.25) is 0 Å². The van der Waals surface area contributed by atoms with Gasteiger partial charge in [0.1, 0.15) is 6.23 Å². The first kappa shape index (κ1) is 25.0. The van der Waals surface area contributed by atoms with Crippen LogP contribution in [-0.2, 0) is 4.74 Å². The molecule has 0 aromatic rings. The second-order valence-electron chi connectivity index (χ2n) is 13.7. The Bertz CT molecular complexity index is 618.